The number of rotatable bonds is 12. The van der Waals surface area contributed by atoms with Gasteiger partial charge in [0.1, 0.15) is 22.8 Å². The van der Waals surface area contributed by atoms with Gasteiger partial charge in [-0.1, -0.05) is 24.3 Å². The minimum atomic E-state index is -1.18. The molecule has 43 heavy (non-hydrogen) atoms. The van der Waals surface area contributed by atoms with E-state index in [4.69, 9.17) is 0 Å². The van der Waals surface area contributed by atoms with Crippen LogP contribution >= 0.6 is 35.3 Å². The highest BCUT2D eigenvalue weighted by Crippen LogP contribution is 2.44. The molecule has 2 aromatic rings. The maximum Gasteiger partial charge on any atom is 0.327 e. The van der Waals surface area contributed by atoms with Crippen molar-refractivity contribution in [3.8, 4) is 0 Å². The Morgan fingerprint density at radius 1 is 0.767 bits per heavy atom. The highest BCUT2D eigenvalue weighted by atomic mass is 32.2. The summed E-state index contributed by atoms with van der Waals surface area (Å²) in [6.07, 6.45) is -0.0789. The molecular weight excluding hydrogens is 625 g/mol. The topological polar surface area (TPSA) is 201 Å². The Balaban J connectivity index is 1.36. The largest absolute Gasteiger partial charge is 0.480 e. The van der Waals surface area contributed by atoms with Gasteiger partial charge < -0.3 is 20.0 Å². The lowest BCUT2D eigenvalue weighted by Crippen LogP contribution is -2.43. The molecule has 228 valence electrons. The second-order valence-electron chi connectivity index (χ2n) is 9.50. The third-order valence-corrected chi connectivity index (χ3v) is 10.4. The van der Waals surface area contributed by atoms with Crippen molar-refractivity contribution in [2.45, 2.75) is 35.7 Å². The van der Waals surface area contributed by atoms with Crippen LogP contribution in [0.15, 0.2) is 48.5 Å². The minimum absolute atomic E-state index is 0.0394. The molecule has 2 aliphatic rings. The molecule has 0 saturated carbocycles. The zero-order valence-corrected chi connectivity index (χ0v) is 24.8. The fourth-order valence-electron chi connectivity index (χ4n) is 4.78. The summed E-state index contributed by atoms with van der Waals surface area (Å²) in [5, 5.41) is 40.4. The van der Waals surface area contributed by atoms with Crippen molar-refractivity contribution < 1.29 is 39.2 Å². The van der Waals surface area contributed by atoms with Crippen molar-refractivity contribution in [1.82, 2.24) is 9.80 Å². The van der Waals surface area contributed by atoms with E-state index in [1.807, 2.05) is 0 Å². The van der Waals surface area contributed by atoms with Gasteiger partial charge in [-0.3, -0.25) is 29.8 Å². The number of nitrogens with zero attached hydrogens (tertiary/aromatic N) is 4. The Bertz CT molecular complexity index is 1340. The number of thioether (sulfide) groups is 3. The highest BCUT2D eigenvalue weighted by molar-refractivity contribution is 8.00. The van der Waals surface area contributed by atoms with Crippen LogP contribution in [0.25, 0.3) is 0 Å². The van der Waals surface area contributed by atoms with Crippen molar-refractivity contribution in [1.29, 1.82) is 0 Å². The van der Waals surface area contributed by atoms with Crippen LogP contribution < -0.4 is 0 Å². The molecule has 2 amide bonds. The van der Waals surface area contributed by atoms with Gasteiger partial charge in [-0.15, -0.1) is 23.5 Å². The number of non-ortho nitro benzene ring substituents is 2. The Hall–Kier alpha value is -3.83. The van der Waals surface area contributed by atoms with E-state index in [2.05, 4.69) is 0 Å². The summed E-state index contributed by atoms with van der Waals surface area (Å²) in [6, 6.07) is 9.26. The quantitative estimate of drug-likeness (QED) is 0.191. The Morgan fingerprint density at radius 3 is 1.51 bits per heavy atom. The summed E-state index contributed by atoms with van der Waals surface area (Å²) >= 11 is 3.69. The number of aliphatic carboxylic acids is 2. The van der Waals surface area contributed by atoms with Gasteiger partial charge >= 0.3 is 11.9 Å². The Labute approximate surface area is 257 Å². The normalized spacial score (nSPS) is 21.5. The second-order valence-corrected chi connectivity index (χ2v) is 12.9. The molecule has 4 atom stereocenters. The lowest BCUT2D eigenvalue weighted by atomic mass is 10.1. The second kappa shape index (κ2) is 14.1. The Morgan fingerprint density at radius 2 is 1.16 bits per heavy atom. The van der Waals surface area contributed by atoms with Crippen LogP contribution in [0, 0.1) is 20.2 Å². The standard InChI is InChI=1S/C26H26N4O10S3/c31-21(27-19(25(33)34)13-42-23(27)15-3-1-5-17(11-15)29(37)38)7-9-41-10-8-22(32)28-20(26(35)36)14-43-24(28)16-4-2-6-18(12-16)30(39)40/h1-6,11-12,19-20,23-24H,7-10,13-14H2,(H,33,34)(H,35,36)/t19-,20-,23?,24?/m0/s1. The van der Waals surface area contributed by atoms with Crippen molar-refractivity contribution in [2.75, 3.05) is 23.0 Å². The van der Waals surface area contributed by atoms with Crippen LogP contribution in [-0.4, -0.2) is 88.7 Å². The highest BCUT2D eigenvalue weighted by Gasteiger charge is 2.43. The molecule has 2 saturated heterocycles. The fraction of sp³-hybridized carbons (Fsp3) is 0.385. The first kappa shape index (κ1) is 32.1. The average Bonchev–Trinajstić information content (AvgIpc) is 3.63. The lowest BCUT2D eigenvalue weighted by molar-refractivity contribution is -0.385. The molecule has 2 heterocycles. The summed E-state index contributed by atoms with van der Waals surface area (Å²) in [5.41, 5.74) is 0.561. The predicted octanol–water partition coefficient (Wildman–Crippen LogP) is 3.77. The van der Waals surface area contributed by atoms with Gasteiger partial charge in [0, 0.05) is 60.1 Å². The number of carbonyl (C=O) groups is 4. The number of nitro benzene ring substituents is 2. The SMILES string of the molecule is O=C(O)[C@@H]1CSC(c2cccc([N+](=O)[O-])c2)N1C(=O)CCSCCC(=O)N1C(c2cccc([N+](=O)[O-])c2)SC[C@H]1C(=O)O. The molecule has 2 aromatic carbocycles. The molecule has 0 aromatic heterocycles. The van der Waals surface area contributed by atoms with E-state index in [0.29, 0.717) is 11.1 Å². The van der Waals surface area contributed by atoms with Gasteiger partial charge in [0.2, 0.25) is 11.8 Å². The molecule has 17 heteroatoms. The summed E-state index contributed by atoms with van der Waals surface area (Å²) in [5.74, 6) is -2.48. The zero-order valence-electron chi connectivity index (χ0n) is 22.3. The van der Waals surface area contributed by atoms with Gasteiger partial charge in [0.05, 0.1) is 9.85 Å². The first-order valence-electron chi connectivity index (χ1n) is 12.9. The number of carboxylic acids is 2. The number of carboxylic acid groups (broad SMARTS) is 2. The van der Waals surface area contributed by atoms with E-state index in [-0.39, 0.29) is 47.2 Å². The van der Waals surface area contributed by atoms with Crippen LogP contribution in [0.2, 0.25) is 0 Å². The van der Waals surface area contributed by atoms with Crippen molar-refractivity contribution >= 4 is 70.4 Å². The third-order valence-electron chi connectivity index (χ3n) is 6.80. The van der Waals surface area contributed by atoms with Gasteiger partial charge in [0.25, 0.3) is 11.4 Å². The van der Waals surface area contributed by atoms with E-state index in [0.717, 1.165) is 0 Å². The van der Waals surface area contributed by atoms with Crippen LogP contribution in [-0.2, 0) is 19.2 Å². The van der Waals surface area contributed by atoms with E-state index in [9.17, 15) is 49.6 Å². The van der Waals surface area contributed by atoms with Crippen molar-refractivity contribution in [2.24, 2.45) is 0 Å². The van der Waals surface area contributed by atoms with Gasteiger partial charge in [-0.2, -0.15) is 11.8 Å². The molecule has 14 nitrogen and oxygen atoms in total. The van der Waals surface area contributed by atoms with Crippen LogP contribution in [0.1, 0.15) is 34.7 Å². The number of amides is 2. The van der Waals surface area contributed by atoms with Crippen molar-refractivity contribution in [3.05, 3.63) is 79.9 Å². The number of hydrogen-bond acceptors (Lipinski definition) is 11. The maximum absolute atomic E-state index is 13.2. The first-order valence-corrected chi connectivity index (χ1v) is 16.1. The van der Waals surface area contributed by atoms with Gasteiger partial charge in [-0.25, -0.2) is 9.59 Å². The smallest absolute Gasteiger partial charge is 0.327 e. The monoisotopic (exact) mass is 650 g/mol. The lowest BCUT2D eigenvalue weighted by Gasteiger charge is -2.28. The number of nitro groups is 2. The summed E-state index contributed by atoms with van der Waals surface area (Å²) in [7, 11) is 0. The molecular formula is C26H26N4O10S3. The van der Waals surface area contributed by atoms with Gasteiger partial charge in [0.15, 0.2) is 0 Å². The molecule has 2 fully saturated rings. The third kappa shape index (κ3) is 7.40. The zero-order chi connectivity index (χ0) is 31.3. The van der Waals surface area contributed by atoms with E-state index in [1.165, 1.54) is 81.5 Å². The van der Waals surface area contributed by atoms with Gasteiger partial charge in [-0.05, 0) is 11.1 Å². The molecule has 0 aliphatic carbocycles. The number of hydrogen-bond donors (Lipinski definition) is 2. The summed E-state index contributed by atoms with van der Waals surface area (Å²) < 4.78 is 0. The fourth-order valence-corrected chi connectivity index (χ4v) is 8.49. The molecule has 2 unspecified atom stereocenters. The molecule has 0 radical (unpaired) electrons. The van der Waals surface area contributed by atoms with E-state index >= 15 is 0 Å². The van der Waals surface area contributed by atoms with E-state index < -0.39 is 56.4 Å². The predicted molar refractivity (Wildman–Crippen MR) is 160 cm³/mol. The summed E-state index contributed by atoms with van der Waals surface area (Å²) in [6.45, 7) is 0. The minimum Gasteiger partial charge on any atom is -0.480 e. The van der Waals surface area contributed by atoms with Crippen LogP contribution in [0.3, 0.4) is 0 Å². The van der Waals surface area contributed by atoms with Crippen molar-refractivity contribution in [3.63, 3.8) is 0 Å². The van der Waals surface area contributed by atoms with Crippen LogP contribution in [0.4, 0.5) is 11.4 Å². The summed E-state index contributed by atoms with van der Waals surface area (Å²) in [4.78, 5) is 73.8. The number of benzene rings is 2. The first-order chi connectivity index (χ1) is 20.5. The number of carbonyl (C=O) groups excluding carboxylic acids is 2. The molecule has 0 spiro atoms. The molecule has 2 aliphatic heterocycles. The molecule has 2 N–H and O–H groups in total. The van der Waals surface area contributed by atoms with E-state index in [1.54, 1.807) is 12.1 Å². The average molecular weight is 651 g/mol. The molecule has 4 rings (SSSR count). The maximum atomic E-state index is 13.2. The van der Waals surface area contributed by atoms with Crippen LogP contribution in [0.5, 0.6) is 0 Å². The Kier molecular flexibility index (Phi) is 10.5. The molecule has 0 bridgehead atoms.